The van der Waals surface area contributed by atoms with Gasteiger partial charge in [0.1, 0.15) is 18.1 Å². The van der Waals surface area contributed by atoms with E-state index in [0.717, 1.165) is 28.3 Å². The standard InChI is InChI=1S/C23H27N3O3/c1-5-28-21-9-11-22(12-10-21)29-16-18-7-6-8-19(13-18)23(27)25(3)15-20-14-24-26(4)17(20)2/h6-14H,5,15-16H2,1-4H3. The highest BCUT2D eigenvalue weighted by Crippen LogP contribution is 2.19. The summed E-state index contributed by atoms with van der Waals surface area (Å²) in [5.41, 5.74) is 3.68. The molecule has 2 aromatic carbocycles. The lowest BCUT2D eigenvalue weighted by atomic mass is 10.1. The first-order valence-electron chi connectivity index (χ1n) is 9.65. The summed E-state index contributed by atoms with van der Waals surface area (Å²) in [6, 6.07) is 15.1. The van der Waals surface area contributed by atoms with Crippen LogP contribution in [0.5, 0.6) is 11.5 Å². The summed E-state index contributed by atoms with van der Waals surface area (Å²) >= 11 is 0. The number of hydrogen-bond acceptors (Lipinski definition) is 4. The summed E-state index contributed by atoms with van der Waals surface area (Å²) in [5, 5.41) is 4.24. The normalized spacial score (nSPS) is 10.6. The smallest absolute Gasteiger partial charge is 0.253 e. The Bertz CT molecular complexity index is 964. The van der Waals surface area contributed by atoms with Gasteiger partial charge in [-0.15, -0.1) is 0 Å². The summed E-state index contributed by atoms with van der Waals surface area (Å²) in [6.45, 7) is 5.50. The Labute approximate surface area is 171 Å². The second-order valence-corrected chi connectivity index (χ2v) is 6.93. The van der Waals surface area contributed by atoms with Crippen LogP contribution in [0.2, 0.25) is 0 Å². The minimum absolute atomic E-state index is 0.0313. The van der Waals surface area contributed by atoms with Gasteiger partial charge in [0, 0.05) is 37.5 Å². The van der Waals surface area contributed by atoms with Crippen molar-refractivity contribution in [2.75, 3.05) is 13.7 Å². The third-order valence-electron chi connectivity index (χ3n) is 4.81. The maximum atomic E-state index is 12.8. The van der Waals surface area contributed by atoms with Crippen molar-refractivity contribution in [3.05, 3.63) is 77.1 Å². The SMILES string of the molecule is CCOc1ccc(OCc2cccc(C(=O)N(C)Cc3cnn(C)c3C)c2)cc1. The summed E-state index contributed by atoms with van der Waals surface area (Å²) in [7, 11) is 3.70. The predicted octanol–water partition coefficient (Wildman–Crippen LogP) is 3.98. The number of aryl methyl sites for hydroxylation is 1. The molecule has 6 heteroatoms. The fraction of sp³-hybridized carbons (Fsp3) is 0.304. The molecule has 0 aliphatic carbocycles. The van der Waals surface area contributed by atoms with E-state index in [1.807, 2.05) is 74.1 Å². The number of ether oxygens (including phenoxy) is 2. The van der Waals surface area contributed by atoms with Crippen LogP contribution >= 0.6 is 0 Å². The van der Waals surface area contributed by atoms with Gasteiger partial charge in [0.2, 0.25) is 0 Å². The topological polar surface area (TPSA) is 56.6 Å². The first-order valence-corrected chi connectivity index (χ1v) is 9.65. The highest BCUT2D eigenvalue weighted by atomic mass is 16.5. The lowest BCUT2D eigenvalue weighted by Crippen LogP contribution is -2.26. The lowest BCUT2D eigenvalue weighted by Gasteiger charge is -2.17. The van der Waals surface area contributed by atoms with Gasteiger partial charge in [0.05, 0.1) is 12.8 Å². The maximum absolute atomic E-state index is 12.8. The Kier molecular flexibility index (Phi) is 6.54. The van der Waals surface area contributed by atoms with Gasteiger partial charge in [-0.3, -0.25) is 9.48 Å². The second-order valence-electron chi connectivity index (χ2n) is 6.93. The molecule has 3 aromatic rings. The van der Waals surface area contributed by atoms with Gasteiger partial charge in [-0.25, -0.2) is 0 Å². The van der Waals surface area contributed by atoms with Crippen molar-refractivity contribution < 1.29 is 14.3 Å². The zero-order chi connectivity index (χ0) is 20.8. The van der Waals surface area contributed by atoms with Gasteiger partial charge >= 0.3 is 0 Å². The molecule has 0 spiro atoms. The fourth-order valence-electron chi connectivity index (χ4n) is 3.01. The molecule has 29 heavy (non-hydrogen) atoms. The van der Waals surface area contributed by atoms with Crippen molar-refractivity contribution in [3.8, 4) is 11.5 Å². The van der Waals surface area contributed by atoms with Crippen molar-refractivity contribution in [3.63, 3.8) is 0 Å². The molecule has 0 radical (unpaired) electrons. The molecule has 152 valence electrons. The largest absolute Gasteiger partial charge is 0.494 e. The van der Waals surface area contributed by atoms with E-state index in [-0.39, 0.29) is 5.91 Å². The number of carbonyl (C=O) groups excluding carboxylic acids is 1. The molecule has 0 saturated heterocycles. The number of nitrogens with zero attached hydrogens (tertiary/aromatic N) is 3. The van der Waals surface area contributed by atoms with E-state index in [9.17, 15) is 4.79 Å². The zero-order valence-electron chi connectivity index (χ0n) is 17.4. The van der Waals surface area contributed by atoms with Gasteiger partial charge in [-0.05, 0) is 55.8 Å². The molecule has 0 N–H and O–H groups in total. The van der Waals surface area contributed by atoms with Crippen molar-refractivity contribution in [2.45, 2.75) is 27.0 Å². The van der Waals surface area contributed by atoms with Crippen molar-refractivity contribution in [1.82, 2.24) is 14.7 Å². The molecule has 0 aliphatic rings. The molecule has 0 bridgehead atoms. The molecule has 6 nitrogen and oxygen atoms in total. The lowest BCUT2D eigenvalue weighted by molar-refractivity contribution is 0.0784. The first-order chi connectivity index (χ1) is 14.0. The summed E-state index contributed by atoms with van der Waals surface area (Å²) < 4.78 is 13.1. The Morgan fingerprint density at radius 1 is 1.10 bits per heavy atom. The van der Waals surface area contributed by atoms with E-state index >= 15 is 0 Å². The molecule has 0 atom stereocenters. The average molecular weight is 393 g/mol. The highest BCUT2D eigenvalue weighted by molar-refractivity contribution is 5.94. The molecule has 1 aromatic heterocycles. The number of benzene rings is 2. The number of rotatable bonds is 8. The van der Waals surface area contributed by atoms with E-state index in [4.69, 9.17) is 9.47 Å². The van der Waals surface area contributed by atoms with Crippen LogP contribution in [0, 0.1) is 6.92 Å². The number of amides is 1. The Morgan fingerprint density at radius 2 is 1.79 bits per heavy atom. The minimum atomic E-state index is -0.0313. The van der Waals surface area contributed by atoms with E-state index in [2.05, 4.69) is 5.10 Å². The molecule has 3 rings (SSSR count). The second kappa shape index (κ2) is 9.28. The van der Waals surface area contributed by atoms with Crippen LogP contribution in [0.25, 0.3) is 0 Å². The monoisotopic (exact) mass is 393 g/mol. The van der Waals surface area contributed by atoms with Crippen LogP contribution in [0.15, 0.2) is 54.7 Å². The quantitative estimate of drug-likeness (QED) is 0.581. The van der Waals surface area contributed by atoms with Crippen molar-refractivity contribution in [2.24, 2.45) is 7.05 Å². The van der Waals surface area contributed by atoms with Crippen LogP contribution < -0.4 is 9.47 Å². The van der Waals surface area contributed by atoms with Gasteiger partial charge in [-0.1, -0.05) is 12.1 Å². The Balaban J connectivity index is 1.62. The highest BCUT2D eigenvalue weighted by Gasteiger charge is 2.15. The minimum Gasteiger partial charge on any atom is -0.494 e. The van der Waals surface area contributed by atoms with Gasteiger partial charge in [0.15, 0.2) is 0 Å². The van der Waals surface area contributed by atoms with Crippen LogP contribution in [0.4, 0.5) is 0 Å². The predicted molar refractivity (Wildman–Crippen MR) is 112 cm³/mol. The average Bonchev–Trinajstić information content (AvgIpc) is 3.05. The van der Waals surface area contributed by atoms with Crippen LogP contribution in [-0.2, 0) is 20.2 Å². The Morgan fingerprint density at radius 3 is 2.41 bits per heavy atom. The molecule has 0 unspecified atom stereocenters. The van der Waals surface area contributed by atoms with E-state index < -0.39 is 0 Å². The summed E-state index contributed by atoms with van der Waals surface area (Å²) in [4.78, 5) is 14.5. The van der Waals surface area contributed by atoms with Crippen molar-refractivity contribution in [1.29, 1.82) is 0 Å². The summed E-state index contributed by atoms with van der Waals surface area (Å²) in [6.07, 6.45) is 1.81. The zero-order valence-corrected chi connectivity index (χ0v) is 17.4. The number of hydrogen-bond donors (Lipinski definition) is 0. The van der Waals surface area contributed by atoms with E-state index in [1.165, 1.54) is 0 Å². The van der Waals surface area contributed by atoms with Gasteiger partial charge < -0.3 is 14.4 Å². The summed E-state index contributed by atoms with van der Waals surface area (Å²) in [5.74, 6) is 1.55. The maximum Gasteiger partial charge on any atom is 0.253 e. The van der Waals surface area contributed by atoms with Gasteiger partial charge in [-0.2, -0.15) is 5.10 Å². The van der Waals surface area contributed by atoms with Crippen LogP contribution in [-0.4, -0.2) is 34.2 Å². The number of carbonyl (C=O) groups is 1. The molecule has 1 amide bonds. The van der Waals surface area contributed by atoms with E-state index in [1.54, 1.807) is 18.1 Å². The first kappa shape index (κ1) is 20.5. The van der Waals surface area contributed by atoms with Crippen molar-refractivity contribution >= 4 is 5.91 Å². The fourth-order valence-corrected chi connectivity index (χ4v) is 3.01. The van der Waals surface area contributed by atoms with E-state index in [0.29, 0.717) is 25.3 Å². The van der Waals surface area contributed by atoms with Gasteiger partial charge in [0.25, 0.3) is 5.91 Å². The van der Waals surface area contributed by atoms with Crippen LogP contribution in [0.1, 0.15) is 34.1 Å². The number of aromatic nitrogens is 2. The molecule has 1 heterocycles. The third kappa shape index (κ3) is 5.16. The molecular formula is C23H27N3O3. The molecule has 0 fully saturated rings. The molecular weight excluding hydrogens is 366 g/mol. The Hall–Kier alpha value is -3.28. The molecule has 0 aliphatic heterocycles. The molecule has 0 saturated carbocycles. The van der Waals surface area contributed by atoms with Crippen LogP contribution in [0.3, 0.4) is 0 Å². The third-order valence-corrected chi connectivity index (χ3v) is 4.81.